The molecule has 20 heavy (non-hydrogen) atoms. The molecule has 0 saturated heterocycles. The number of amides is 1. The third-order valence-electron chi connectivity index (χ3n) is 3.75. The highest BCUT2D eigenvalue weighted by Crippen LogP contribution is 2.20. The lowest BCUT2D eigenvalue weighted by atomic mass is 10.0. The van der Waals surface area contributed by atoms with Crippen LogP contribution in [0.3, 0.4) is 0 Å². The first-order valence-electron chi connectivity index (χ1n) is 7.87. The first-order chi connectivity index (χ1) is 9.79. The number of hydrogen-bond acceptors (Lipinski definition) is 2. The summed E-state index contributed by atoms with van der Waals surface area (Å²) >= 11 is 0. The SMILES string of the molecule is CCCCCC(NCC(=O)NC1CC1)c1ccccc1. The average molecular weight is 274 g/mol. The Balaban J connectivity index is 1.82. The van der Waals surface area contributed by atoms with E-state index < -0.39 is 0 Å². The fraction of sp³-hybridized carbons (Fsp3) is 0.588. The monoisotopic (exact) mass is 274 g/mol. The lowest BCUT2D eigenvalue weighted by molar-refractivity contribution is -0.120. The number of benzene rings is 1. The molecular formula is C17H26N2O. The highest BCUT2D eigenvalue weighted by Gasteiger charge is 2.23. The average Bonchev–Trinajstić information content (AvgIpc) is 3.27. The van der Waals surface area contributed by atoms with Gasteiger partial charge in [-0.25, -0.2) is 0 Å². The number of carbonyl (C=O) groups is 1. The summed E-state index contributed by atoms with van der Waals surface area (Å²) in [5, 5.41) is 6.44. The Morgan fingerprint density at radius 1 is 1.25 bits per heavy atom. The minimum Gasteiger partial charge on any atom is -0.352 e. The summed E-state index contributed by atoms with van der Waals surface area (Å²) in [5.41, 5.74) is 1.28. The fourth-order valence-electron chi connectivity index (χ4n) is 2.39. The standard InChI is InChI=1S/C17H26N2O/c1-2-3-5-10-16(14-8-6-4-7-9-14)18-13-17(20)19-15-11-12-15/h4,6-9,15-16,18H,2-3,5,10-13H2,1H3,(H,19,20). The molecule has 1 aromatic carbocycles. The van der Waals surface area contributed by atoms with Crippen LogP contribution < -0.4 is 10.6 Å². The second kappa shape index (κ2) is 8.05. The van der Waals surface area contributed by atoms with Gasteiger partial charge in [-0.05, 0) is 24.8 Å². The van der Waals surface area contributed by atoms with E-state index in [1.165, 1.54) is 24.8 Å². The molecule has 0 aromatic heterocycles. The van der Waals surface area contributed by atoms with E-state index >= 15 is 0 Å². The number of carbonyl (C=O) groups excluding carboxylic acids is 1. The molecule has 1 amide bonds. The predicted molar refractivity (Wildman–Crippen MR) is 82.5 cm³/mol. The fourth-order valence-corrected chi connectivity index (χ4v) is 2.39. The molecule has 2 rings (SSSR count). The van der Waals surface area contributed by atoms with E-state index in [2.05, 4.69) is 41.8 Å². The summed E-state index contributed by atoms with van der Waals surface area (Å²) in [6, 6.07) is 11.2. The van der Waals surface area contributed by atoms with Crippen molar-refractivity contribution in [1.82, 2.24) is 10.6 Å². The Morgan fingerprint density at radius 2 is 2.00 bits per heavy atom. The van der Waals surface area contributed by atoms with Crippen molar-refractivity contribution in [3.05, 3.63) is 35.9 Å². The van der Waals surface area contributed by atoms with Crippen LogP contribution in [-0.4, -0.2) is 18.5 Å². The van der Waals surface area contributed by atoms with Crippen molar-refractivity contribution in [2.24, 2.45) is 0 Å². The zero-order valence-corrected chi connectivity index (χ0v) is 12.4. The lowest BCUT2D eigenvalue weighted by Gasteiger charge is -2.19. The lowest BCUT2D eigenvalue weighted by Crippen LogP contribution is -2.36. The zero-order valence-electron chi connectivity index (χ0n) is 12.4. The molecule has 1 aliphatic rings. The van der Waals surface area contributed by atoms with Crippen LogP contribution in [0.5, 0.6) is 0 Å². The predicted octanol–water partition coefficient (Wildman–Crippen LogP) is 3.18. The minimum atomic E-state index is 0.129. The Bertz CT molecular complexity index is 401. The maximum absolute atomic E-state index is 11.8. The van der Waals surface area contributed by atoms with Crippen molar-refractivity contribution < 1.29 is 4.79 Å². The van der Waals surface area contributed by atoms with E-state index in [4.69, 9.17) is 0 Å². The third kappa shape index (κ3) is 5.33. The second-order valence-corrected chi connectivity index (χ2v) is 5.68. The van der Waals surface area contributed by atoms with Crippen molar-refractivity contribution in [2.45, 2.75) is 57.5 Å². The van der Waals surface area contributed by atoms with E-state index in [0.29, 0.717) is 12.6 Å². The van der Waals surface area contributed by atoms with Gasteiger partial charge in [-0.15, -0.1) is 0 Å². The van der Waals surface area contributed by atoms with Crippen LogP contribution in [0, 0.1) is 0 Å². The first kappa shape index (κ1) is 15.0. The Kier molecular flexibility index (Phi) is 6.06. The van der Waals surface area contributed by atoms with E-state index in [-0.39, 0.29) is 11.9 Å². The van der Waals surface area contributed by atoms with Crippen LogP contribution in [-0.2, 0) is 4.79 Å². The molecule has 1 aliphatic carbocycles. The van der Waals surface area contributed by atoms with E-state index in [1.54, 1.807) is 0 Å². The van der Waals surface area contributed by atoms with Gasteiger partial charge in [0.1, 0.15) is 0 Å². The molecule has 0 aliphatic heterocycles. The highest BCUT2D eigenvalue weighted by atomic mass is 16.2. The van der Waals surface area contributed by atoms with Gasteiger partial charge in [0.25, 0.3) is 0 Å². The quantitative estimate of drug-likeness (QED) is 0.679. The van der Waals surface area contributed by atoms with Gasteiger partial charge in [-0.3, -0.25) is 4.79 Å². The summed E-state index contributed by atoms with van der Waals surface area (Å²) in [6.07, 6.45) is 7.06. The maximum atomic E-state index is 11.8. The van der Waals surface area contributed by atoms with Gasteiger partial charge < -0.3 is 10.6 Å². The Hall–Kier alpha value is -1.35. The van der Waals surface area contributed by atoms with Crippen LogP contribution in [0.2, 0.25) is 0 Å². The van der Waals surface area contributed by atoms with Gasteiger partial charge in [-0.1, -0.05) is 56.5 Å². The largest absolute Gasteiger partial charge is 0.352 e. The van der Waals surface area contributed by atoms with Crippen LogP contribution in [0.4, 0.5) is 0 Å². The van der Waals surface area contributed by atoms with Gasteiger partial charge in [0.15, 0.2) is 0 Å². The van der Waals surface area contributed by atoms with Crippen molar-refractivity contribution in [3.8, 4) is 0 Å². The number of rotatable bonds is 9. The molecular weight excluding hydrogens is 248 g/mol. The molecule has 110 valence electrons. The normalized spacial score (nSPS) is 15.8. The van der Waals surface area contributed by atoms with Gasteiger partial charge in [0.2, 0.25) is 5.91 Å². The smallest absolute Gasteiger partial charge is 0.234 e. The summed E-state index contributed by atoms with van der Waals surface area (Å²) in [5.74, 6) is 0.129. The van der Waals surface area contributed by atoms with Gasteiger partial charge in [0.05, 0.1) is 6.54 Å². The van der Waals surface area contributed by atoms with Crippen LogP contribution in [0.15, 0.2) is 30.3 Å². The molecule has 1 unspecified atom stereocenters. The zero-order chi connectivity index (χ0) is 14.2. The number of unbranched alkanes of at least 4 members (excludes halogenated alkanes) is 2. The van der Waals surface area contributed by atoms with Gasteiger partial charge in [-0.2, -0.15) is 0 Å². The third-order valence-corrected chi connectivity index (χ3v) is 3.75. The summed E-state index contributed by atoms with van der Waals surface area (Å²) in [7, 11) is 0. The molecule has 2 N–H and O–H groups in total. The number of nitrogens with one attached hydrogen (secondary N) is 2. The van der Waals surface area contributed by atoms with Gasteiger partial charge in [0, 0.05) is 12.1 Å². The van der Waals surface area contributed by atoms with E-state index in [0.717, 1.165) is 19.3 Å². The Morgan fingerprint density at radius 3 is 2.65 bits per heavy atom. The molecule has 1 atom stereocenters. The molecule has 1 saturated carbocycles. The number of hydrogen-bond donors (Lipinski definition) is 2. The molecule has 1 fully saturated rings. The van der Waals surface area contributed by atoms with E-state index in [1.807, 2.05) is 6.07 Å². The minimum absolute atomic E-state index is 0.129. The molecule has 0 spiro atoms. The summed E-state index contributed by atoms with van der Waals surface area (Å²) in [6.45, 7) is 2.64. The summed E-state index contributed by atoms with van der Waals surface area (Å²) in [4.78, 5) is 11.8. The summed E-state index contributed by atoms with van der Waals surface area (Å²) < 4.78 is 0. The second-order valence-electron chi connectivity index (χ2n) is 5.68. The van der Waals surface area contributed by atoms with Crippen LogP contribution in [0.1, 0.15) is 57.1 Å². The van der Waals surface area contributed by atoms with Crippen LogP contribution >= 0.6 is 0 Å². The topological polar surface area (TPSA) is 41.1 Å². The Labute approximate surface area is 122 Å². The molecule has 0 heterocycles. The molecule has 3 heteroatoms. The van der Waals surface area contributed by atoms with Gasteiger partial charge >= 0.3 is 0 Å². The van der Waals surface area contributed by atoms with E-state index in [9.17, 15) is 4.79 Å². The highest BCUT2D eigenvalue weighted by molar-refractivity contribution is 5.78. The van der Waals surface area contributed by atoms with Crippen molar-refractivity contribution >= 4 is 5.91 Å². The molecule has 3 nitrogen and oxygen atoms in total. The maximum Gasteiger partial charge on any atom is 0.234 e. The van der Waals surface area contributed by atoms with Crippen LogP contribution in [0.25, 0.3) is 0 Å². The molecule has 0 bridgehead atoms. The molecule has 1 aromatic rings. The van der Waals surface area contributed by atoms with Crippen molar-refractivity contribution in [1.29, 1.82) is 0 Å². The first-order valence-corrected chi connectivity index (χ1v) is 7.87. The van der Waals surface area contributed by atoms with Crippen molar-refractivity contribution in [3.63, 3.8) is 0 Å². The van der Waals surface area contributed by atoms with Crippen molar-refractivity contribution in [2.75, 3.05) is 6.54 Å². The molecule has 0 radical (unpaired) electrons.